The molecule has 1 N–H and O–H groups in total. The summed E-state index contributed by atoms with van der Waals surface area (Å²) in [6.45, 7) is 4.55. The lowest BCUT2D eigenvalue weighted by molar-refractivity contribution is -0.131. The molecule has 5 nitrogen and oxygen atoms in total. The van der Waals surface area contributed by atoms with E-state index < -0.39 is 5.41 Å². The molecule has 4 rings (SSSR count). The quantitative estimate of drug-likeness (QED) is 0.846. The van der Waals surface area contributed by atoms with E-state index in [1.807, 2.05) is 66.4 Å². The number of amides is 2. The van der Waals surface area contributed by atoms with Gasteiger partial charge in [-0.1, -0.05) is 48.0 Å². The van der Waals surface area contributed by atoms with Crippen LogP contribution in [0, 0.1) is 6.92 Å². The molecule has 5 heteroatoms. The van der Waals surface area contributed by atoms with Crippen molar-refractivity contribution in [1.82, 2.24) is 10.2 Å². The Hall–Kier alpha value is -2.66. The SMILES string of the molecule is Cc1ccc(C(=O)N2CCC(NC(=O)C3(c4ccccc4)CCOCC3)CC2)cc1. The zero-order chi connectivity index (χ0) is 21.0. The summed E-state index contributed by atoms with van der Waals surface area (Å²) in [5, 5.41) is 3.30. The Bertz CT molecular complexity index is 865. The number of nitrogens with one attached hydrogen (secondary N) is 1. The summed E-state index contributed by atoms with van der Waals surface area (Å²) < 4.78 is 5.55. The summed E-state index contributed by atoms with van der Waals surface area (Å²) >= 11 is 0. The molecular weight excluding hydrogens is 376 g/mol. The third-order valence-corrected chi connectivity index (χ3v) is 6.52. The Kier molecular flexibility index (Phi) is 6.18. The number of hydrogen-bond donors (Lipinski definition) is 1. The Morgan fingerprint density at radius 1 is 0.967 bits per heavy atom. The fourth-order valence-corrected chi connectivity index (χ4v) is 4.55. The number of nitrogens with zero attached hydrogens (tertiary/aromatic N) is 1. The Morgan fingerprint density at radius 3 is 2.23 bits per heavy atom. The molecule has 2 amide bonds. The van der Waals surface area contributed by atoms with Gasteiger partial charge in [0, 0.05) is 37.9 Å². The van der Waals surface area contributed by atoms with Gasteiger partial charge in [-0.2, -0.15) is 0 Å². The Balaban J connectivity index is 1.38. The summed E-state index contributed by atoms with van der Waals surface area (Å²) in [5.74, 6) is 0.172. The zero-order valence-electron chi connectivity index (χ0n) is 17.6. The van der Waals surface area contributed by atoms with Crippen molar-refractivity contribution in [3.63, 3.8) is 0 Å². The predicted molar refractivity (Wildman–Crippen MR) is 116 cm³/mol. The van der Waals surface area contributed by atoms with E-state index in [4.69, 9.17) is 4.74 Å². The molecule has 2 fully saturated rings. The van der Waals surface area contributed by atoms with Crippen LogP contribution in [0.4, 0.5) is 0 Å². The molecule has 2 saturated heterocycles. The van der Waals surface area contributed by atoms with E-state index in [-0.39, 0.29) is 17.9 Å². The molecule has 0 aromatic heterocycles. The third-order valence-electron chi connectivity index (χ3n) is 6.52. The predicted octanol–water partition coefficient (Wildman–Crippen LogP) is 3.46. The number of rotatable bonds is 4. The number of carbonyl (C=O) groups excluding carboxylic acids is 2. The van der Waals surface area contributed by atoms with Crippen LogP contribution in [0.3, 0.4) is 0 Å². The normalized spacial score (nSPS) is 19.3. The third kappa shape index (κ3) is 4.26. The lowest BCUT2D eigenvalue weighted by Crippen LogP contribution is -2.53. The van der Waals surface area contributed by atoms with Crippen LogP contribution in [0.25, 0.3) is 0 Å². The standard InChI is InChI=1S/C25H30N2O3/c1-19-7-9-20(10-8-19)23(28)27-15-11-22(12-16-27)26-24(29)25(13-17-30-18-14-25)21-5-3-2-4-6-21/h2-10,22H,11-18H2,1H3,(H,26,29). The van der Waals surface area contributed by atoms with E-state index >= 15 is 0 Å². The van der Waals surface area contributed by atoms with Gasteiger partial charge in [-0.15, -0.1) is 0 Å². The van der Waals surface area contributed by atoms with Crippen molar-refractivity contribution in [2.75, 3.05) is 26.3 Å². The van der Waals surface area contributed by atoms with Crippen LogP contribution in [0.15, 0.2) is 54.6 Å². The van der Waals surface area contributed by atoms with Crippen LogP contribution >= 0.6 is 0 Å². The minimum atomic E-state index is -0.519. The van der Waals surface area contributed by atoms with Gasteiger partial charge in [0.1, 0.15) is 0 Å². The van der Waals surface area contributed by atoms with Crippen molar-refractivity contribution in [2.45, 2.75) is 44.1 Å². The molecule has 2 aromatic rings. The van der Waals surface area contributed by atoms with E-state index in [1.165, 1.54) is 0 Å². The van der Waals surface area contributed by atoms with Gasteiger partial charge in [0.15, 0.2) is 0 Å². The average Bonchev–Trinajstić information content (AvgIpc) is 2.80. The maximum absolute atomic E-state index is 13.4. The Labute approximate surface area is 178 Å². The molecule has 0 bridgehead atoms. The average molecular weight is 407 g/mol. The second kappa shape index (κ2) is 9.00. The van der Waals surface area contributed by atoms with Crippen LogP contribution < -0.4 is 5.32 Å². The van der Waals surface area contributed by atoms with Crippen LogP contribution in [0.5, 0.6) is 0 Å². The van der Waals surface area contributed by atoms with Gasteiger partial charge in [-0.25, -0.2) is 0 Å². The molecule has 30 heavy (non-hydrogen) atoms. The molecule has 2 aliphatic rings. The number of likely N-dealkylation sites (tertiary alicyclic amines) is 1. The van der Waals surface area contributed by atoms with Crippen molar-refractivity contribution in [2.24, 2.45) is 0 Å². The molecule has 158 valence electrons. The second-order valence-electron chi connectivity index (χ2n) is 8.47. The van der Waals surface area contributed by atoms with Crippen molar-refractivity contribution in [3.8, 4) is 0 Å². The van der Waals surface area contributed by atoms with Crippen LogP contribution in [0.1, 0.15) is 47.2 Å². The van der Waals surface area contributed by atoms with Gasteiger partial charge in [0.05, 0.1) is 5.41 Å². The number of aryl methyl sites for hydroxylation is 1. The van der Waals surface area contributed by atoms with Crippen molar-refractivity contribution in [1.29, 1.82) is 0 Å². The summed E-state index contributed by atoms with van der Waals surface area (Å²) in [4.78, 5) is 28.1. The van der Waals surface area contributed by atoms with E-state index in [0.29, 0.717) is 39.1 Å². The molecule has 0 unspecified atom stereocenters. The van der Waals surface area contributed by atoms with Crippen LogP contribution in [-0.4, -0.2) is 49.1 Å². The van der Waals surface area contributed by atoms with E-state index in [0.717, 1.165) is 29.5 Å². The van der Waals surface area contributed by atoms with Gasteiger partial charge < -0.3 is 15.0 Å². The van der Waals surface area contributed by atoms with Crippen molar-refractivity contribution < 1.29 is 14.3 Å². The van der Waals surface area contributed by atoms with Crippen LogP contribution in [0.2, 0.25) is 0 Å². The molecule has 0 spiro atoms. The van der Waals surface area contributed by atoms with Crippen molar-refractivity contribution >= 4 is 11.8 Å². The van der Waals surface area contributed by atoms with E-state index in [1.54, 1.807) is 0 Å². The maximum atomic E-state index is 13.4. The summed E-state index contributed by atoms with van der Waals surface area (Å²) in [7, 11) is 0. The van der Waals surface area contributed by atoms with E-state index in [2.05, 4.69) is 5.32 Å². The highest BCUT2D eigenvalue weighted by atomic mass is 16.5. The van der Waals surface area contributed by atoms with Gasteiger partial charge >= 0.3 is 0 Å². The first-order chi connectivity index (χ1) is 14.6. The summed E-state index contributed by atoms with van der Waals surface area (Å²) in [6.07, 6.45) is 2.97. The first-order valence-corrected chi connectivity index (χ1v) is 10.9. The molecule has 0 radical (unpaired) electrons. The molecule has 2 heterocycles. The molecule has 0 aliphatic carbocycles. The highest BCUT2D eigenvalue weighted by Gasteiger charge is 2.42. The van der Waals surface area contributed by atoms with Gasteiger partial charge in [0.25, 0.3) is 5.91 Å². The first kappa shape index (κ1) is 20.6. The number of ether oxygens (including phenoxy) is 1. The number of hydrogen-bond acceptors (Lipinski definition) is 3. The summed E-state index contributed by atoms with van der Waals surface area (Å²) in [6, 6.07) is 17.9. The number of carbonyl (C=O) groups is 2. The second-order valence-corrected chi connectivity index (χ2v) is 8.47. The zero-order valence-corrected chi connectivity index (χ0v) is 17.6. The number of benzene rings is 2. The van der Waals surface area contributed by atoms with Gasteiger partial charge in [0.2, 0.25) is 5.91 Å². The van der Waals surface area contributed by atoms with E-state index in [9.17, 15) is 9.59 Å². The molecule has 0 atom stereocenters. The molecule has 2 aliphatic heterocycles. The Morgan fingerprint density at radius 2 is 1.60 bits per heavy atom. The topological polar surface area (TPSA) is 58.6 Å². The van der Waals surface area contributed by atoms with Crippen molar-refractivity contribution in [3.05, 3.63) is 71.3 Å². The minimum Gasteiger partial charge on any atom is -0.381 e. The lowest BCUT2D eigenvalue weighted by atomic mass is 9.73. The molecular formula is C25H30N2O3. The highest BCUT2D eigenvalue weighted by molar-refractivity contribution is 5.94. The lowest BCUT2D eigenvalue weighted by Gasteiger charge is -2.39. The fourth-order valence-electron chi connectivity index (χ4n) is 4.55. The summed E-state index contributed by atoms with van der Waals surface area (Å²) in [5.41, 5.74) is 2.42. The number of piperidine rings is 1. The highest BCUT2D eigenvalue weighted by Crippen LogP contribution is 2.35. The largest absolute Gasteiger partial charge is 0.381 e. The monoisotopic (exact) mass is 406 g/mol. The molecule has 0 saturated carbocycles. The molecule has 2 aromatic carbocycles. The smallest absolute Gasteiger partial charge is 0.253 e. The first-order valence-electron chi connectivity index (χ1n) is 10.9. The van der Waals surface area contributed by atoms with Gasteiger partial charge in [-0.05, 0) is 50.3 Å². The minimum absolute atomic E-state index is 0.0740. The fraction of sp³-hybridized carbons (Fsp3) is 0.440. The van der Waals surface area contributed by atoms with Crippen LogP contribution in [-0.2, 0) is 14.9 Å². The van der Waals surface area contributed by atoms with Gasteiger partial charge in [-0.3, -0.25) is 9.59 Å². The maximum Gasteiger partial charge on any atom is 0.253 e.